The molecule has 0 spiro atoms. The van der Waals surface area contributed by atoms with Gasteiger partial charge in [0.2, 0.25) is 0 Å². The summed E-state index contributed by atoms with van der Waals surface area (Å²) in [6, 6.07) is 7.08. The molecule has 17 heavy (non-hydrogen) atoms. The van der Waals surface area contributed by atoms with Gasteiger partial charge in [-0.15, -0.1) is 6.42 Å². The van der Waals surface area contributed by atoms with Crippen molar-refractivity contribution in [3.63, 3.8) is 0 Å². The monoisotopic (exact) mass is 229 g/mol. The maximum absolute atomic E-state index is 8.85. The standard InChI is InChI=1S/C14H15NO2/c1-5-14(3,4)17-13-9-11(10-15)7-8-12(13)16-6-2/h1,7-9H,6H2,2-4H3. The van der Waals surface area contributed by atoms with Crippen LogP contribution in [0.4, 0.5) is 0 Å². The Morgan fingerprint density at radius 3 is 2.59 bits per heavy atom. The molecular weight excluding hydrogens is 214 g/mol. The van der Waals surface area contributed by atoms with Gasteiger partial charge < -0.3 is 9.47 Å². The van der Waals surface area contributed by atoms with Gasteiger partial charge in [0, 0.05) is 6.07 Å². The van der Waals surface area contributed by atoms with Crippen LogP contribution in [-0.4, -0.2) is 12.2 Å². The van der Waals surface area contributed by atoms with Gasteiger partial charge in [0.15, 0.2) is 17.1 Å². The molecule has 0 aliphatic heterocycles. The van der Waals surface area contributed by atoms with Crippen LogP contribution in [0.15, 0.2) is 18.2 Å². The average Bonchev–Trinajstić information content (AvgIpc) is 2.31. The highest BCUT2D eigenvalue weighted by atomic mass is 16.5. The smallest absolute Gasteiger partial charge is 0.164 e. The van der Waals surface area contributed by atoms with Gasteiger partial charge in [0.05, 0.1) is 18.2 Å². The van der Waals surface area contributed by atoms with E-state index in [9.17, 15) is 0 Å². The van der Waals surface area contributed by atoms with Crippen molar-refractivity contribution in [1.82, 2.24) is 0 Å². The first-order valence-electron chi connectivity index (χ1n) is 5.36. The maximum Gasteiger partial charge on any atom is 0.164 e. The number of hydrogen-bond donors (Lipinski definition) is 0. The van der Waals surface area contributed by atoms with Crippen LogP contribution < -0.4 is 9.47 Å². The molecule has 0 aromatic heterocycles. The molecule has 0 radical (unpaired) electrons. The van der Waals surface area contributed by atoms with Gasteiger partial charge in [-0.05, 0) is 32.9 Å². The fraction of sp³-hybridized carbons (Fsp3) is 0.357. The first-order valence-corrected chi connectivity index (χ1v) is 5.36. The SMILES string of the molecule is C#CC(C)(C)Oc1cc(C#N)ccc1OCC. The van der Waals surface area contributed by atoms with Crippen LogP contribution in [0.5, 0.6) is 11.5 Å². The highest BCUT2D eigenvalue weighted by Crippen LogP contribution is 2.31. The van der Waals surface area contributed by atoms with Crippen molar-refractivity contribution in [2.24, 2.45) is 0 Å². The maximum atomic E-state index is 8.85. The van der Waals surface area contributed by atoms with E-state index < -0.39 is 5.60 Å². The minimum Gasteiger partial charge on any atom is -0.490 e. The highest BCUT2D eigenvalue weighted by Gasteiger charge is 2.18. The summed E-state index contributed by atoms with van der Waals surface area (Å²) in [5.74, 6) is 3.62. The lowest BCUT2D eigenvalue weighted by Gasteiger charge is -2.22. The van der Waals surface area contributed by atoms with Gasteiger partial charge in [0.25, 0.3) is 0 Å². The van der Waals surface area contributed by atoms with E-state index in [1.807, 2.05) is 6.92 Å². The first kappa shape index (κ1) is 12.9. The van der Waals surface area contributed by atoms with E-state index in [1.54, 1.807) is 32.0 Å². The number of hydrogen-bond acceptors (Lipinski definition) is 3. The van der Waals surface area contributed by atoms with Crippen LogP contribution in [0.3, 0.4) is 0 Å². The minimum absolute atomic E-state index is 0.494. The molecule has 0 saturated heterocycles. The Morgan fingerprint density at radius 1 is 1.35 bits per heavy atom. The third kappa shape index (κ3) is 3.43. The summed E-state index contributed by atoms with van der Waals surface area (Å²) < 4.78 is 11.1. The molecule has 0 N–H and O–H groups in total. The molecule has 0 unspecified atom stereocenters. The first-order chi connectivity index (χ1) is 8.02. The number of ether oxygens (including phenoxy) is 2. The van der Waals surface area contributed by atoms with Gasteiger partial charge in [-0.3, -0.25) is 0 Å². The number of benzene rings is 1. The number of terminal acetylenes is 1. The molecule has 0 aliphatic carbocycles. The van der Waals surface area contributed by atoms with E-state index in [2.05, 4.69) is 12.0 Å². The number of rotatable bonds is 4. The predicted octanol–water partition coefficient (Wildman–Crippen LogP) is 2.75. The van der Waals surface area contributed by atoms with Crippen molar-refractivity contribution in [3.05, 3.63) is 23.8 Å². The zero-order valence-corrected chi connectivity index (χ0v) is 10.3. The third-order valence-electron chi connectivity index (χ3n) is 2.09. The lowest BCUT2D eigenvalue weighted by Crippen LogP contribution is -2.25. The van der Waals surface area contributed by atoms with E-state index in [0.29, 0.717) is 23.7 Å². The molecule has 1 aromatic rings. The summed E-state index contributed by atoms with van der Waals surface area (Å²) in [6.45, 7) is 5.97. The van der Waals surface area contributed by atoms with E-state index in [4.69, 9.17) is 21.2 Å². The van der Waals surface area contributed by atoms with Crippen molar-refractivity contribution in [3.8, 4) is 29.9 Å². The lowest BCUT2D eigenvalue weighted by molar-refractivity contribution is 0.162. The lowest BCUT2D eigenvalue weighted by atomic mass is 10.1. The van der Waals surface area contributed by atoms with E-state index in [1.165, 1.54) is 0 Å². The molecule has 1 rings (SSSR count). The molecule has 0 atom stereocenters. The zero-order chi connectivity index (χ0) is 12.9. The number of nitrogens with zero attached hydrogens (tertiary/aromatic N) is 1. The zero-order valence-electron chi connectivity index (χ0n) is 10.3. The van der Waals surface area contributed by atoms with Gasteiger partial charge in [-0.1, -0.05) is 5.92 Å². The second-order valence-electron chi connectivity index (χ2n) is 3.96. The summed E-state index contributed by atoms with van der Waals surface area (Å²) in [4.78, 5) is 0. The minimum atomic E-state index is -0.736. The molecule has 0 amide bonds. The second-order valence-corrected chi connectivity index (χ2v) is 3.96. The molecule has 0 saturated carbocycles. The quantitative estimate of drug-likeness (QED) is 0.745. The molecule has 3 nitrogen and oxygen atoms in total. The van der Waals surface area contributed by atoms with Crippen LogP contribution >= 0.6 is 0 Å². The number of nitriles is 1. The third-order valence-corrected chi connectivity index (χ3v) is 2.09. The fourth-order valence-corrected chi connectivity index (χ4v) is 1.24. The molecule has 3 heteroatoms. The van der Waals surface area contributed by atoms with Crippen molar-refractivity contribution in [1.29, 1.82) is 5.26 Å². The van der Waals surface area contributed by atoms with Gasteiger partial charge >= 0.3 is 0 Å². The predicted molar refractivity (Wildman–Crippen MR) is 65.9 cm³/mol. The summed E-state index contributed by atoms with van der Waals surface area (Å²) in [5, 5.41) is 8.85. The topological polar surface area (TPSA) is 42.2 Å². The molecular formula is C14H15NO2. The van der Waals surface area contributed by atoms with Crippen LogP contribution in [-0.2, 0) is 0 Å². The van der Waals surface area contributed by atoms with Crippen molar-refractivity contribution in [2.75, 3.05) is 6.61 Å². The van der Waals surface area contributed by atoms with E-state index >= 15 is 0 Å². The van der Waals surface area contributed by atoms with Crippen LogP contribution in [0.2, 0.25) is 0 Å². The van der Waals surface area contributed by atoms with Crippen molar-refractivity contribution < 1.29 is 9.47 Å². The van der Waals surface area contributed by atoms with Crippen molar-refractivity contribution in [2.45, 2.75) is 26.4 Å². The molecule has 0 fully saturated rings. The Balaban J connectivity index is 3.11. The van der Waals surface area contributed by atoms with Gasteiger partial charge in [-0.2, -0.15) is 5.26 Å². The van der Waals surface area contributed by atoms with Gasteiger partial charge in [-0.25, -0.2) is 0 Å². The normalized spacial score (nSPS) is 10.2. The van der Waals surface area contributed by atoms with E-state index in [0.717, 1.165) is 0 Å². The second kappa shape index (κ2) is 5.27. The van der Waals surface area contributed by atoms with Gasteiger partial charge in [0.1, 0.15) is 0 Å². The Labute approximate surface area is 102 Å². The Hall–Kier alpha value is -2.13. The average molecular weight is 229 g/mol. The van der Waals surface area contributed by atoms with Crippen LogP contribution in [0.1, 0.15) is 26.3 Å². The molecule has 0 bridgehead atoms. The fourth-order valence-electron chi connectivity index (χ4n) is 1.24. The molecule has 88 valence electrons. The largest absolute Gasteiger partial charge is 0.490 e. The molecule has 1 aromatic carbocycles. The summed E-state index contributed by atoms with van der Waals surface area (Å²) >= 11 is 0. The Bertz CT molecular complexity index is 478. The summed E-state index contributed by atoms with van der Waals surface area (Å²) in [7, 11) is 0. The van der Waals surface area contributed by atoms with E-state index in [-0.39, 0.29) is 0 Å². The Morgan fingerprint density at radius 2 is 2.06 bits per heavy atom. The van der Waals surface area contributed by atoms with Crippen LogP contribution in [0, 0.1) is 23.7 Å². The summed E-state index contributed by atoms with van der Waals surface area (Å²) in [5.41, 5.74) is -0.226. The summed E-state index contributed by atoms with van der Waals surface area (Å²) in [6.07, 6.45) is 5.37. The van der Waals surface area contributed by atoms with Crippen molar-refractivity contribution >= 4 is 0 Å². The Kier molecular flexibility index (Phi) is 4.01. The molecule has 0 heterocycles. The highest BCUT2D eigenvalue weighted by molar-refractivity contribution is 5.47. The molecule has 0 aliphatic rings. The van der Waals surface area contributed by atoms with Crippen LogP contribution in [0.25, 0.3) is 0 Å².